The van der Waals surface area contributed by atoms with Gasteiger partial charge in [0.05, 0.1) is 13.0 Å². The monoisotopic (exact) mass is 834 g/mol. The van der Waals surface area contributed by atoms with E-state index in [-0.39, 0.29) is 24.0 Å². The van der Waals surface area contributed by atoms with Gasteiger partial charge in [0, 0.05) is 77.1 Å². The van der Waals surface area contributed by atoms with Gasteiger partial charge in [0.2, 0.25) is 11.5 Å². The van der Waals surface area contributed by atoms with Gasteiger partial charge in [-0.2, -0.15) is 0 Å². The molecule has 0 aromatic heterocycles. The topological polar surface area (TPSA) is 163 Å². The fraction of sp³-hybridized carbons (Fsp3) is 0.395. The number of nitrogens with zero attached hydrogens (tertiary/aromatic N) is 2. The van der Waals surface area contributed by atoms with Crippen molar-refractivity contribution in [2.24, 2.45) is 0 Å². The van der Waals surface area contributed by atoms with E-state index in [0.717, 1.165) is 22.8 Å². The molecule has 2 aliphatic heterocycles. The van der Waals surface area contributed by atoms with Gasteiger partial charge in [-0.1, -0.05) is 54.6 Å². The molecule has 4 aromatic carbocycles. The Labute approximate surface area is 349 Å². The molecular formula is C43H54N4O11S. The molecule has 0 bridgehead atoms. The molecule has 3 amide bonds. The van der Waals surface area contributed by atoms with Crippen molar-refractivity contribution < 1.29 is 52.3 Å². The van der Waals surface area contributed by atoms with Gasteiger partial charge >= 0.3 is 24.2 Å². The molecule has 0 saturated carbocycles. The maximum atomic E-state index is 12.6. The van der Waals surface area contributed by atoms with E-state index in [1.807, 2.05) is 80.5 Å². The summed E-state index contributed by atoms with van der Waals surface area (Å²) >= 11 is 1.22. The first kappa shape index (κ1) is 45.8. The third-order valence-electron chi connectivity index (χ3n) is 8.36. The lowest BCUT2D eigenvalue weighted by Gasteiger charge is -2.28. The number of carbonyl (C=O) groups excluding carboxylic acids is 4. The fourth-order valence-corrected chi connectivity index (χ4v) is 6.50. The van der Waals surface area contributed by atoms with Crippen LogP contribution in [0.4, 0.5) is 14.4 Å². The van der Waals surface area contributed by atoms with Crippen molar-refractivity contribution in [3.8, 4) is 34.5 Å². The Bertz CT molecular complexity index is 2090. The zero-order valence-corrected chi connectivity index (χ0v) is 36.0. The summed E-state index contributed by atoms with van der Waals surface area (Å²) in [5.74, 6) is 2.02. The Hall–Kier alpha value is -5.87. The van der Waals surface area contributed by atoms with E-state index >= 15 is 0 Å². The predicted octanol–water partition coefficient (Wildman–Crippen LogP) is 8.53. The molecule has 0 unspecified atom stereocenters. The van der Waals surface area contributed by atoms with Crippen LogP contribution in [0.2, 0.25) is 0 Å². The molecule has 0 aliphatic carbocycles. The van der Waals surface area contributed by atoms with Crippen LogP contribution < -0.4 is 39.1 Å². The molecule has 2 aliphatic rings. The molecule has 0 radical (unpaired) electrons. The number of nitrogens with one attached hydrogen (secondary N) is 2. The Morgan fingerprint density at radius 1 is 0.763 bits per heavy atom. The smallest absolute Gasteiger partial charge is 0.426 e. The molecule has 59 heavy (non-hydrogen) atoms. The highest BCUT2D eigenvalue weighted by molar-refractivity contribution is 7.95. The number of carbonyl (C=O) groups is 4. The first-order valence-corrected chi connectivity index (χ1v) is 19.8. The third-order valence-corrected chi connectivity index (χ3v) is 9.57. The Morgan fingerprint density at radius 3 is 2.02 bits per heavy atom. The second kappa shape index (κ2) is 20.7. The largest absolute Gasteiger partial charge is 0.483 e. The molecule has 6 rings (SSSR count). The molecule has 0 spiro atoms. The third kappa shape index (κ3) is 13.3. The van der Waals surface area contributed by atoms with Gasteiger partial charge < -0.3 is 43.8 Å². The van der Waals surface area contributed by atoms with Crippen LogP contribution in [-0.2, 0) is 16.0 Å². The molecule has 0 atom stereocenters. The number of amides is 3. The van der Waals surface area contributed by atoms with Gasteiger partial charge in [-0.15, -0.1) is 0 Å². The molecule has 15 nitrogen and oxygen atoms in total. The molecule has 2 N–H and O–H groups in total. The highest BCUT2D eigenvalue weighted by Gasteiger charge is 2.35. The van der Waals surface area contributed by atoms with Gasteiger partial charge in [0.1, 0.15) is 11.4 Å². The van der Waals surface area contributed by atoms with E-state index in [2.05, 4.69) is 10.6 Å². The molecule has 0 saturated heterocycles. The van der Waals surface area contributed by atoms with Gasteiger partial charge in [0.15, 0.2) is 23.0 Å². The lowest BCUT2D eigenvalue weighted by atomic mass is 10.0. The van der Waals surface area contributed by atoms with Crippen LogP contribution in [0.5, 0.6) is 34.5 Å². The van der Waals surface area contributed by atoms with Crippen molar-refractivity contribution in [1.82, 2.24) is 19.2 Å². The summed E-state index contributed by atoms with van der Waals surface area (Å²) in [6, 6.07) is 24.2. The van der Waals surface area contributed by atoms with Crippen molar-refractivity contribution in [3.63, 3.8) is 0 Å². The van der Waals surface area contributed by atoms with Crippen molar-refractivity contribution in [3.05, 3.63) is 84.4 Å². The normalized spacial score (nSPS) is 13.7. The Morgan fingerprint density at radius 2 is 1.36 bits per heavy atom. The summed E-state index contributed by atoms with van der Waals surface area (Å²) in [7, 11) is 4.67. The second-order valence-corrected chi connectivity index (χ2v) is 15.6. The fourth-order valence-electron chi connectivity index (χ4n) is 5.72. The first-order chi connectivity index (χ1) is 27.9. The minimum Gasteiger partial charge on any atom is -0.483 e. The van der Waals surface area contributed by atoms with Crippen molar-refractivity contribution in [1.29, 1.82) is 0 Å². The van der Waals surface area contributed by atoms with Crippen LogP contribution in [0, 0.1) is 0 Å². The summed E-state index contributed by atoms with van der Waals surface area (Å²) in [5, 5.41) is 6.77. The molecule has 2 heterocycles. The Kier molecular flexibility index (Phi) is 16.1. The SMILES string of the molecule is CCOC(=O)CCN(SN(C)C(=O)Oc1cccc2c1OC(C)(C)C2)C(C)C.CNC(=O)Oc1cccc2c1OC(C)(C)O2.CNC(=O)Oc1cccc2ccccc12. The van der Waals surface area contributed by atoms with Crippen LogP contribution in [0.3, 0.4) is 0 Å². The first-order valence-electron chi connectivity index (χ1n) is 19.1. The molecule has 4 aromatic rings. The lowest BCUT2D eigenvalue weighted by molar-refractivity contribution is -0.143. The van der Waals surface area contributed by atoms with Crippen molar-refractivity contribution in [2.75, 3.05) is 34.3 Å². The Balaban J connectivity index is 0.000000210. The number of benzene rings is 4. The van der Waals surface area contributed by atoms with Crippen molar-refractivity contribution >= 4 is 47.2 Å². The van der Waals surface area contributed by atoms with E-state index in [9.17, 15) is 19.2 Å². The molecule has 318 valence electrons. The molecule has 0 fully saturated rings. The number of hydrogen-bond donors (Lipinski definition) is 2. The highest BCUT2D eigenvalue weighted by Crippen LogP contribution is 2.46. The average Bonchev–Trinajstić information content (AvgIpc) is 3.70. The van der Waals surface area contributed by atoms with Crippen LogP contribution in [-0.4, -0.2) is 84.6 Å². The van der Waals surface area contributed by atoms with E-state index in [4.69, 9.17) is 33.2 Å². The second-order valence-electron chi connectivity index (χ2n) is 14.5. The zero-order valence-electron chi connectivity index (χ0n) is 35.2. The maximum Gasteiger partial charge on any atom is 0.426 e. The summed E-state index contributed by atoms with van der Waals surface area (Å²) in [6.45, 7) is 14.2. The minimum atomic E-state index is -0.732. The van der Waals surface area contributed by atoms with Gasteiger partial charge in [-0.05, 0) is 64.3 Å². The predicted molar refractivity (Wildman–Crippen MR) is 225 cm³/mol. The number of fused-ring (bicyclic) bond motifs is 3. The van der Waals surface area contributed by atoms with Gasteiger partial charge in [-0.25, -0.2) is 23.0 Å². The number of para-hydroxylation sites is 2. The lowest BCUT2D eigenvalue weighted by Crippen LogP contribution is -2.34. The number of ether oxygens (including phenoxy) is 7. The summed E-state index contributed by atoms with van der Waals surface area (Å²) < 4.78 is 41.1. The van der Waals surface area contributed by atoms with Gasteiger partial charge in [0.25, 0.3) is 0 Å². The number of esters is 1. The van der Waals surface area contributed by atoms with Crippen LogP contribution in [0.15, 0.2) is 78.9 Å². The summed E-state index contributed by atoms with van der Waals surface area (Å²) in [5.41, 5.74) is 0.719. The highest BCUT2D eigenvalue weighted by atomic mass is 32.2. The molecule has 16 heteroatoms. The zero-order chi connectivity index (χ0) is 43.3. The van der Waals surface area contributed by atoms with Crippen LogP contribution >= 0.6 is 12.1 Å². The minimum absolute atomic E-state index is 0.125. The van der Waals surface area contributed by atoms with E-state index in [0.29, 0.717) is 47.6 Å². The van der Waals surface area contributed by atoms with E-state index in [1.165, 1.54) is 30.5 Å². The van der Waals surface area contributed by atoms with E-state index < -0.39 is 24.1 Å². The van der Waals surface area contributed by atoms with Crippen molar-refractivity contribution in [2.45, 2.75) is 78.7 Å². The van der Waals surface area contributed by atoms with Crippen LogP contribution in [0.1, 0.15) is 60.5 Å². The molecular weight excluding hydrogens is 781 g/mol. The van der Waals surface area contributed by atoms with Crippen LogP contribution in [0.25, 0.3) is 10.8 Å². The summed E-state index contributed by atoms with van der Waals surface area (Å²) in [4.78, 5) is 46.4. The number of hydrogen-bond acceptors (Lipinski definition) is 13. The van der Waals surface area contributed by atoms with Gasteiger partial charge in [-0.3, -0.25) is 4.79 Å². The quantitative estimate of drug-likeness (QED) is 0.116. The number of rotatable bonds is 10. The van der Waals surface area contributed by atoms with E-state index in [1.54, 1.807) is 58.2 Å². The standard InChI is InChI=1S/C20H30N2O5S.C12H11NO2.C11H13NO4/c1-7-25-17(23)11-12-22(14(2)3)28-21(6)19(24)26-16-10-8-9-15-13-20(4,5)27-18(15)16;1-13-12(14)15-11-8-4-6-9-5-2-3-7-10(9)11;1-11(2)15-8-6-4-5-7(9(8)16-11)14-10(13)12-3/h8-10,14H,7,11-13H2,1-6H3;2-8H,1H3,(H,13,14);4-6H,1-3H3,(H,12,13). The average molecular weight is 835 g/mol. The maximum absolute atomic E-state index is 12.6. The summed E-state index contributed by atoms with van der Waals surface area (Å²) in [6.07, 6.45) is -0.466.